The van der Waals surface area contributed by atoms with Gasteiger partial charge in [-0.1, -0.05) is 30.3 Å². The van der Waals surface area contributed by atoms with Gasteiger partial charge in [0.2, 0.25) is 0 Å². The fourth-order valence-electron chi connectivity index (χ4n) is 2.21. The molecule has 0 bridgehead atoms. The van der Waals surface area contributed by atoms with Crippen LogP contribution in [-0.4, -0.2) is 38.7 Å². The lowest BCUT2D eigenvalue weighted by Gasteiger charge is -2.09. The summed E-state index contributed by atoms with van der Waals surface area (Å²) in [6.07, 6.45) is 2.74. The molecule has 0 aliphatic rings. The van der Waals surface area contributed by atoms with Crippen molar-refractivity contribution in [2.24, 2.45) is 0 Å². The monoisotopic (exact) mass is 369 g/mol. The maximum Gasteiger partial charge on any atom is 0.339 e. The molecule has 1 N–H and O–H groups in total. The Kier molecular flexibility index (Phi) is 7.13. The minimum atomic E-state index is -0.683. The summed E-state index contributed by atoms with van der Waals surface area (Å²) < 4.78 is 14.7. The van der Waals surface area contributed by atoms with Crippen LogP contribution in [0.25, 0.3) is 6.08 Å². The molecule has 0 atom stereocenters. The van der Waals surface area contributed by atoms with Crippen LogP contribution < -0.4 is 10.1 Å². The van der Waals surface area contributed by atoms with Crippen molar-refractivity contribution in [3.63, 3.8) is 0 Å². The van der Waals surface area contributed by atoms with Gasteiger partial charge in [-0.15, -0.1) is 0 Å². The highest BCUT2D eigenvalue weighted by Gasteiger charge is 2.14. The highest BCUT2D eigenvalue weighted by atomic mass is 16.5. The molecule has 2 aromatic carbocycles. The Bertz CT molecular complexity index is 859. The van der Waals surface area contributed by atoms with Crippen molar-refractivity contribution in [2.45, 2.75) is 0 Å². The second-order valence-corrected chi connectivity index (χ2v) is 5.27. The molecule has 0 unspecified atom stereocenters. The molecule has 0 radical (unpaired) electrons. The lowest BCUT2D eigenvalue weighted by atomic mass is 10.2. The van der Waals surface area contributed by atoms with Crippen molar-refractivity contribution in [3.8, 4) is 5.75 Å². The molecule has 27 heavy (non-hydrogen) atoms. The molecule has 1 amide bonds. The predicted molar refractivity (Wildman–Crippen MR) is 99.4 cm³/mol. The molecule has 0 heterocycles. The first kappa shape index (κ1) is 19.7. The van der Waals surface area contributed by atoms with Crippen molar-refractivity contribution >= 4 is 29.6 Å². The van der Waals surface area contributed by atoms with E-state index in [0.717, 1.165) is 0 Å². The van der Waals surface area contributed by atoms with Crippen molar-refractivity contribution in [3.05, 3.63) is 65.7 Å². The Morgan fingerprint density at radius 2 is 1.70 bits per heavy atom. The molecule has 0 aromatic heterocycles. The number of para-hydroxylation sites is 2. The van der Waals surface area contributed by atoms with E-state index in [1.54, 1.807) is 36.4 Å². The average molecular weight is 369 g/mol. The van der Waals surface area contributed by atoms with Gasteiger partial charge in [0.1, 0.15) is 5.75 Å². The Morgan fingerprint density at radius 1 is 1.00 bits per heavy atom. The first-order valence-electron chi connectivity index (χ1n) is 8.00. The molecule has 0 saturated heterocycles. The maximum atomic E-state index is 12.0. The highest BCUT2D eigenvalue weighted by Crippen LogP contribution is 2.18. The smallest absolute Gasteiger partial charge is 0.339 e. The van der Waals surface area contributed by atoms with Crippen LogP contribution in [0.1, 0.15) is 15.9 Å². The van der Waals surface area contributed by atoms with E-state index in [1.807, 2.05) is 6.07 Å². The second kappa shape index (κ2) is 9.76. The molecular formula is C20H19NO6. The maximum absolute atomic E-state index is 12.0. The standard InChI is InChI=1S/C20H19NO6/c1-25-17-10-6-3-7-14(17)11-12-19(23)27-13-18(22)21-16-9-5-4-8-15(16)20(24)26-2/h3-12H,13H2,1-2H3,(H,21,22)/b12-11+. The molecule has 140 valence electrons. The largest absolute Gasteiger partial charge is 0.496 e. The number of rotatable bonds is 7. The quantitative estimate of drug-likeness (QED) is 0.596. The lowest BCUT2D eigenvalue weighted by Crippen LogP contribution is -2.21. The van der Waals surface area contributed by atoms with Crippen LogP contribution >= 0.6 is 0 Å². The van der Waals surface area contributed by atoms with Crippen LogP contribution in [0.3, 0.4) is 0 Å². The van der Waals surface area contributed by atoms with Gasteiger partial charge in [-0.05, 0) is 24.3 Å². The van der Waals surface area contributed by atoms with E-state index >= 15 is 0 Å². The van der Waals surface area contributed by atoms with E-state index in [4.69, 9.17) is 9.47 Å². The normalized spacial score (nSPS) is 10.3. The number of carbonyl (C=O) groups is 3. The van der Waals surface area contributed by atoms with E-state index in [0.29, 0.717) is 11.3 Å². The third-order valence-electron chi connectivity index (χ3n) is 3.49. The van der Waals surface area contributed by atoms with Crippen LogP contribution in [0.2, 0.25) is 0 Å². The van der Waals surface area contributed by atoms with E-state index in [1.165, 1.54) is 32.4 Å². The number of anilines is 1. The summed E-state index contributed by atoms with van der Waals surface area (Å²) in [5.41, 5.74) is 1.18. The van der Waals surface area contributed by atoms with Crippen LogP contribution in [0.15, 0.2) is 54.6 Å². The molecule has 0 saturated carbocycles. The molecule has 0 aliphatic heterocycles. The van der Waals surface area contributed by atoms with Crippen molar-refractivity contribution < 1.29 is 28.6 Å². The molecule has 0 aliphatic carbocycles. The van der Waals surface area contributed by atoms with Gasteiger partial charge in [-0.3, -0.25) is 4.79 Å². The van der Waals surface area contributed by atoms with Gasteiger partial charge in [0, 0.05) is 11.6 Å². The third kappa shape index (κ3) is 5.71. The van der Waals surface area contributed by atoms with E-state index < -0.39 is 24.5 Å². The van der Waals surface area contributed by atoms with Crippen molar-refractivity contribution in [1.82, 2.24) is 0 Å². The first-order chi connectivity index (χ1) is 13.0. The van der Waals surface area contributed by atoms with Gasteiger partial charge >= 0.3 is 11.9 Å². The number of amides is 1. The van der Waals surface area contributed by atoms with E-state index in [2.05, 4.69) is 10.1 Å². The number of hydrogen-bond donors (Lipinski definition) is 1. The third-order valence-corrected chi connectivity index (χ3v) is 3.49. The zero-order valence-electron chi connectivity index (χ0n) is 14.9. The SMILES string of the molecule is COC(=O)c1ccccc1NC(=O)COC(=O)/C=C/c1ccccc1OC. The zero-order chi connectivity index (χ0) is 19.6. The number of methoxy groups -OCH3 is 2. The minimum Gasteiger partial charge on any atom is -0.496 e. The highest BCUT2D eigenvalue weighted by molar-refractivity contribution is 6.02. The molecule has 0 spiro atoms. The fourth-order valence-corrected chi connectivity index (χ4v) is 2.21. The number of hydrogen-bond acceptors (Lipinski definition) is 6. The van der Waals surface area contributed by atoms with E-state index in [-0.39, 0.29) is 11.3 Å². The minimum absolute atomic E-state index is 0.204. The average Bonchev–Trinajstić information content (AvgIpc) is 2.70. The van der Waals surface area contributed by atoms with Crippen LogP contribution in [-0.2, 0) is 19.1 Å². The van der Waals surface area contributed by atoms with Crippen molar-refractivity contribution in [2.75, 3.05) is 26.1 Å². The lowest BCUT2D eigenvalue weighted by molar-refractivity contribution is -0.142. The molecule has 2 rings (SSSR count). The fraction of sp³-hybridized carbons (Fsp3) is 0.150. The number of nitrogens with one attached hydrogen (secondary N) is 1. The van der Waals surface area contributed by atoms with Crippen LogP contribution in [0, 0.1) is 0 Å². The van der Waals surface area contributed by atoms with Crippen LogP contribution in [0.5, 0.6) is 5.75 Å². The molecule has 7 heteroatoms. The van der Waals surface area contributed by atoms with Crippen LogP contribution in [0.4, 0.5) is 5.69 Å². The molecule has 2 aromatic rings. The van der Waals surface area contributed by atoms with Gasteiger partial charge in [-0.25, -0.2) is 9.59 Å². The summed E-state index contributed by atoms with van der Waals surface area (Å²) in [6, 6.07) is 13.5. The summed E-state index contributed by atoms with van der Waals surface area (Å²) in [4.78, 5) is 35.4. The zero-order valence-corrected chi connectivity index (χ0v) is 14.9. The first-order valence-corrected chi connectivity index (χ1v) is 8.00. The summed E-state index contributed by atoms with van der Waals surface area (Å²) in [6.45, 7) is -0.495. The number of esters is 2. The van der Waals surface area contributed by atoms with Gasteiger partial charge < -0.3 is 19.5 Å². The second-order valence-electron chi connectivity index (χ2n) is 5.27. The summed E-state index contributed by atoms with van der Waals surface area (Å²) in [5.74, 6) is -1.23. The Labute approximate surface area is 156 Å². The van der Waals surface area contributed by atoms with Crippen molar-refractivity contribution in [1.29, 1.82) is 0 Å². The number of benzene rings is 2. The summed E-state index contributed by atoms with van der Waals surface area (Å²) in [5, 5.41) is 2.51. The van der Waals surface area contributed by atoms with Gasteiger partial charge in [0.15, 0.2) is 6.61 Å². The predicted octanol–water partition coefficient (Wildman–Crippen LogP) is 2.68. The van der Waals surface area contributed by atoms with Gasteiger partial charge in [-0.2, -0.15) is 0 Å². The Hall–Kier alpha value is -3.61. The van der Waals surface area contributed by atoms with E-state index in [9.17, 15) is 14.4 Å². The van der Waals surface area contributed by atoms with Gasteiger partial charge in [0.05, 0.1) is 25.5 Å². The molecular weight excluding hydrogens is 350 g/mol. The molecule has 0 fully saturated rings. The number of ether oxygens (including phenoxy) is 3. The topological polar surface area (TPSA) is 90.9 Å². The molecule has 7 nitrogen and oxygen atoms in total. The Morgan fingerprint density at radius 3 is 2.44 bits per heavy atom. The Balaban J connectivity index is 1.91. The summed E-state index contributed by atoms with van der Waals surface area (Å²) >= 11 is 0. The number of carbonyl (C=O) groups excluding carboxylic acids is 3. The van der Waals surface area contributed by atoms with Gasteiger partial charge in [0.25, 0.3) is 5.91 Å². The summed E-state index contributed by atoms with van der Waals surface area (Å²) in [7, 11) is 2.78.